The third kappa shape index (κ3) is 2.62. The summed E-state index contributed by atoms with van der Waals surface area (Å²) in [7, 11) is 0. The normalized spacial score (nSPS) is 11.3. The van der Waals surface area contributed by atoms with Crippen LogP contribution in [0.2, 0.25) is 0 Å². The number of benzene rings is 1. The van der Waals surface area contributed by atoms with Crippen molar-refractivity contribution in [2.75, 3.05) is 6.54 Å². The van der Waals surface area contributed by atoms with E-state index >= 15 is 0 Å². The summed E-state index contributed by atoms with van der Waals surface area (Å²) in [6, 6.07) is 8.59. The van der Waals surface area contributed by atoms with Crippen molar-refractivity contribution in [1.29, 1.82) is 0 Å². The Bertz CT molecular complexity index is 711. The fraction of sp³-hybridized carbons (Fsp3) is 0.312. The van der Waals surface area contributed by atoms with Gasteiger partial charge in [0.1, 0.15) is 5.01 Å². The SMILES string of the molecule is CCNCc1cn(Cc2nc(C)cs2)c2ccccc12. The highest BCUT2D eigenvalue weighted by atomic mass is 32.1. The third-order valence-corrected chi connectivity index (χ3v) is 4.36. The van der Waals surface area contributed by atoms with Gasteiger partial charge in [-0.05, 0) is 25.1 Å². The molecular formula is C16H19N3S. The average molecular weight is 285 g/mol. The number of hydrogen-bond acceptors (Lipinski definition) is 3. The molecule has 0 saturated heterocycles. The summed E-state index contributed by atoms with van der Waals surface area (Å²) >= 11 is 1.73. The van der Waals surface area contributed by atoms with Gasteiger partial charge < -0.3 is 9.88 Å². The summed E-state index contributed by atoms with van der Waals surface area (Å²) in [5.41, 5.74) is 3.75. The average Bonchev–Trinajstić information content (AvgIpc) is 3.02. The molecule has 104 valence electrons. The Balaban J connectivity index is 1.97. The Labute approximate surface area is 123 Å². The first kappa shape index (κ1) is 13.3. The Hall–Kier alpha value is -1.65. The van der Waals surface area contributed by atoms with Crippen LogP contribution in [-0.4, -0.2) is 16.1 Å². The largest absolute Gasteiger partial charge is 0.340 e. The van der Waals surface area contributed by atoms with Crippen molar-refractivity contribution < 1.29 is 0 Å². The zero-order valence-electron chi connectivity index (χ0n) is 11.9. The molecule has 0 atom stereocenters. The number of nitrogens with one attached hydrogen (secondary N) is 1. The minimum absolute atomic E-state index is 0.852. The molecule has 3 nitrogen and oxygen atoms in total. The number of fused-ring (bicyclic) bond motifs is 1. The van der Waals surface area contributed by atoms with E-state index in [2.05, 4.69) is 57.6 Å². The molecule has 20 heavy (non-hydrogen) atoms. The van der Waals surface area contributed by atoms with Crippen LogP contribution in [-0.2, 0) is 13.1 Å². The van der Waals surface area contributed by atoms with Crippen molar-refractivity contribution in [2.45, 2.75) is 26.9 Å². The number of aryl methyl sites for hydroxylation is 1. The second-order valence-electron chi connectivity index (χ2n) is 4.96. The van der Waals surface area contributed by atoms with Crippen LogP contribution in [0.3, 0.4) is 0 Å². The lowest BCUT2D eigenvalue weighted by Gasteiger charge is -2.01. The molecule has 2 aromatic heterocycles. The number of rotatable bonds is 5. The fourth-order valence-corrected chi connectivity index (χ4v) is 3.24. The lowest BCUT2D eigenvalue weighted by Crippen LogP contribution is -2.11. The van der Waals surface area contributed by atoms with Crippen LogP contribution in [0, 0.1) is 6.92 Å². The molecular weight excluding hydrogens is 266 g/mol. The molecule has 0 fully saturated rings. The fourth-order valence-electron chi connectivity index (χ4n) is 2.48. The van der Waals surface area contributed by atoms with Gasteiger partial charge in [-0.1, -0.05) is 25.1 Å². The number of nitrogens with zero attached hydrogens (tertiary/aromatic N) is 2. The smallest absolute Gasteiger partial charge is 0.113 e. The number of para-hydroxylation sites is 1. The van der Waals surface area contributed by atoms with Crippen molar-refractivity contribution in [2.24, 2.45) is 0 Å². The Morgan fingerprint density at radius 1 is 1.30 bits per heavy atom. The summed E-state index contributed by atoms with van der Waals surface area (Å²) in [5, 5.41) is 8.02. The van der Waals surface area contributed by atoms with E-state index in [0.29, 0.717) is 0 Å². The molecule has 0 unspecified atom stereocenters. The lowest BCUT2D eigenvalue weighted by molar-refractivity contribution is 0.724. The van der Waals surface area contributed by atoms with E-state index < -0.39 is 0 Å². The maximum atomic E-state index is 4.57. The standard InChI is InChI=1S/C16H19N3S/c1-3-17-8-13-9-19(10-16-18-12(2)11-20-16)15-7-5-4-6-14(13)15/h4-7,9,11,17H,3,8,10H2,1-2H3. The van der Waals surface area contributed by atoms with Crippen LogP contribution >= 0.6 is 11.3 Å². The van der Waals surface area contributed by atoms with Crippen molar-refractivity contribution in [3.63, 3.8) is 0 Å². The van der Waals surface area contributed by atoms with Crippen LogP contribution in [0.1, 0.15) is 23.2 Å². The third-order valence-electron chi connectivity index (χ3n) is 3.41. The first-order valence-corrected chi connectivity index (χ1v) is 7.84. The van der Waals surface area contributed by atoms with Gasteiger partial charge >= 0.3 is 0 Å². The van der Waals surface area contributed by atoms with Gasteiger partial charge in [-0.3, -0.25) is 0 Å². The van der Waals surface area contributed by atoms with E-state index in [9.17, 15) is 0 Å². The lowest BCUT2D eigenvalue weighted by atomic mass is 10.2. The summed E-state index contributed by atoms with van der Waals surface area (Å²) in [4.78, 5) is 4.57. The van der Waals surface area contributed by atoms with E-state index in [1.54, 1.807) is 11.3 Å². The molecule has 0 aliphatic heterocycles. The van der Waals surface area contributed by atoms with E-state index in [0.717, 1.165) is 25.3 Å². The summed E-state index contributed by atoms with van der Waals surface area (Å²) in [6.45, 7) is 6.94. The molecule has 2 heterocycles. The number of thiazole rings is 1. The van der Waals surface area contributed by atoms with E-state index in [1.807, 2.05) is 6.92 Å². The van der Waals surface area contributed by atoms with Crippen molar-refractivity contribution >= 4 is 22.2 Å². The monoisotopic (exact) mass is 285 g/mol. The first-order valence-electron chi connectivity index (χ1n) is 6.96. The van der Waals surface area contributed by atoms with Gasteiger partial charge in [-0.2, -0.15) is 0 Å². The zero-order chi connectivity index (χ0) is 13.9. The minimum atomic E-state index is 0.852. The highest BCUT2D eigenvalue weighted by Crippen LogP contribution is 2.23. The van der Waals surface area contributed by atoms with Crippen LogP contribution in [0.4, 0.5) is 0 Å². The van der Waals surface area contributed by atoms with Gasteiger partial charge in [0.05, 0.1) is 6.54 Å². The molecule has 0 spiro atoms. The van der Waals surface area contributed by atoms with Crippen molar-refractivity contribution in [3.8, 4) is 0 Å². The summed E-state index contributed by atoms with van der Waals surface area (Å²) in [5.74, 6) is 0. The van der Waals surface area contributed by atoms with Gasteiger partial charge in [0, 0.05) is 34.7 Å². The molecule has 0 aliphatic carbocycles. The van der Waals surface area contributed by atoms with Gasteiger partial charge in [-0.25, -0.2) is 4.98 Å². The Morgan fingerprint density at radius 2 is 2.15 bits per heavy atom. The van der Waals surface area contributed by atoms with Gasteiger partial charge in [0.25, 0.3) is 0 Å². The van der Waals surface area contributed by atoms with Crippen molar-refractivity contribution in [1.82, 2.24) is 14.9 Å². The van der Waals surface area contributed by atoms with Gasteiger partial charge in [0.2, 0.25) is 0 Å². The zero-order valence-corrected chi connectivity index (χ0v) is 12.7. The predicted octanol–water partition coefficient (Wildman–Crippen LogP) is 3.56. The van der Waals surface area contributed by atoms with Crippen LogP contribution < -0.4 is 5.32 Å². The Kier molecular flexibility index (Phi) is 3.85. The maximum Gasteiger partial charge on any atom is 0.113 e. The molecule has 1 N–H and O–H groups in total. The molecule has 0 radical (unpaired) electrons. The maximum absolute atomic E-state index is 4.57. The predicted molar refractivity (Wildman–Crippen MR) is 85.3 cm³/mol. The molecule has 0 aliphatic rings. The van der Waals surface area contributed by atoms with Gasteiger partial charge in [-0.15, -0.1) is 11.3 Å². The Morgan fingerprint density at radius 3 is 2.90 bits per heavy atom. The van der Waals surface area contributed by atoms with E-state index in [-0.39, 0.29) is 0 Å². The second kappa shape index (κ2) is 5.77. The highest BCUT2D eigenvalue weighted by Gasteiger charge is 2.09. The summed E-state index contributed by atoms with van der Waals surface area (Å²) < 4.78 is 2.31. The van der Waals surface area contributed by atoms with E-state index in [4.69, 9.17) is 0 Å². The number of aromatic nitrogens is 2. The second-order valence-corrected chi connectivity index (χ2v) is 5.90. The minimum Gasteiger partial charge on any atom is -0.340 e. The molecule has 0 amide bonds. The van der Waals surface area contributed by atoms with Crippen LogP contribution in [0.5, 0.6) is 0 Å². The molecule has 0 bridgehead atoms. The molecule has 3 aromatic rings. The van der Waals surface area contributed by atoms with Crippen LogP contribution in [0.25, 0.3) is 10.9 Å². The molecule has 0 saturated carbocycles. The van der Waals surface area contributed by atoms with Crippen LogP contribution in [0.15, 0.2) is 35.8 Å². The molecule has 3 rings (SSSR count). The van der Waals surface area contributed by atoms with Crippen molar-refractivity contribution in [3.05, 3.63) is 52.1 Å². The first-order chi connectivity index (χ1) is 9.78. The number of hydrogen-bond donors (Lipinski definition) is 1. The highest BCUT2D eigenvalue weighted by molar-refractivity contribution is 7.09. The molecule has 1 aromatic carbocycles. The quantitative estimate of drug-likeness (QED) is 0.776. The molecule has 4 heteroatoms. The summed E-state index contributed by atoms with van der Waals surface area (Å²) in [6.07, 6.45) is 2.25. The van der Waals surface area contributed by atoms with Gasteiger partial charge in [0.15, 0.2) is 0 Å². The van der Waals surface area contributed by atoms with E-state index in [1.165, 1.54) is 21.5 Å². The topological polar surface area (TPSA) is 29.9 Å².